The van der Waals surface area contributed by atoms with Gasteiger partial charge in [-0.2, -0.15) is 0 Å². The minimum absolute atomic E-state index is 0.0158. The van der Waals surface area contributed by atoms with Crippen molar-refractivity contribution in [1.29, 1.82) is 0 Å². The highest BCUT2D eigenvalue weighted by Crippen LogP contribution is 2.27. The molecule has 0 unspecified atom stereocenters. The topological polar surface area (TPSA) is 121 Å². The fraction of sp³-hybridized carbons (Fsp3) is 0.444. The third-order valence-electron chi connectivity index (χ3n) is 5.02. The molecule has 2 aliphatic rings. The smallest absolute Gasteiger partial charge is 0.270 e. The molecule has 1 aromatic carbocycles. The molecule has 10 heteroatoms. The Labute approximate surface area is 160 Å². The van der Waals surface area contributed by atoms with Crippen LogP contribution in [0.1, 0.15) is 40.5 Å². The zero-order valence-corrected chi connectivity index (χ0v) is 15.4. The van der Waals surface area contributed by atoms with Gasteiger partial charge in [-0.25, -0.2) is 0 Å². The molecule has 148 valence electrons. The molecule has 2 heterocycles. The summed E-state index contributed by atoms with van der Waals surface area (Å²) in [6.45, 7) is 3.49. The molecule has 2 aliphatic heterocycles. The standard InChI is InChI=1S/C18H20N4O6/c1-12(23)19-7-9-20(10-8-19)16(24)3-2-6-21-17(25)14-5-4-13(22(27)28)11-15(14)18(21)26/h4-5,11H,2-3,6-10H2,1H3. The average molecular weight is 388 g/mol. The van der Waals surface area contributed by atoms with Crippen molar-refractivity contribution in [2.75, 3.05) is 32.7 Å². The maximum atomic E-state index is 12.4. The number of piperazine rings is 1. The Balaban J connectivity index is 1.53. The van der Waals surface area contributed by atoms with Crippen LogP contribution in [0, 0.1) is 10.1 Å². The number of carbonyl (C=O) groups is 4. The lowest BCUT2D eigenvalue weighted by Crippen LogP contribution is -2.50. The summed E-state index contributed by atoms with van der Waals surface area (Å²) in [6.07, 6.45) is 0.479. The van der Waals surface area contributed by atoms with Gasteiger partial charge in [0.15, 0.2) is 0 Å². The van der Waals surface area contributed by atoms with Crippen LogP contribution in [0.25, 0.3) is 0 Å². The molecule has 0 N–H and O–H groups in total. The summed E-state index contributed by atoms with van der Waals surface area (Å²) in [5.74, 6) is -1.18. The van der Waals surface area contributed by atoms with Gasteiger partial charge in [-0.05, 0) is 12.5 Å². The van der Waals surface area contributed by atoms with Crippen molar-refractivity contribution >= 4 is 29.3 Å². The van der Waals surface area contributed by atoms with Gasteiger partial charge in [-0.1, -0.05) is 0 Å². The summed E-state index contributed by atoms with van der Waals surface area (Å²) in [5.41, 5.74) is -0.0882. The maximum Gasteiger partial charge on any atom is 0.270 e. The third-order valence-corrected chi connectivity index (χ3v) is 5.02. The molecule has 4 amide bonds. The summed E-state index contributed by atoms with van der Waals surface area (Å²) >= 11 is 0. The van der Waals surface area contributed by atoms with Gasteiger partial charge < -0.3 is 9.80 Å². The number of carbonyl (C=O) groups excluding carboxylic acids is 4. The molecular weight excluding hydrogens is 368 g/mol. The summed E-state index contributed by atoms with van der Waals surface area (Å²) in [4.78, 5) is 63.0. The van der Waals surface area contributed by atoms with Gasteiger partial charge in [0.2, 0.25) is 11.8 Å². The highest BCUT2D eigenvalue weighted by atomic mass is 16.6. The fourth-order valence-electron chi connectivity index (χ4n) is 3.41. The second-order valence-electron chi connectivity index (χ2n) is 6.74. The van der Waals surface area contributed by atoms with E-state index in [-0.39, 0.29) is 41.6 Å². The van der Waals surface area contributed by atoms with Crippen LogP contribution in [0.2, 0.25) is 0 Å². The van der Waals surface area contributed by atoms with E-state index in [2.05, 4.69) is 0 Å². The summed E-state index contributed by atoms with van der Waals surface area (Å²) in [5, 5.41) is 10.9. The molecule has 0 spiro atoms. The van der Waals surface area contributed by atoms with Gasteiger partial charge in [0.05, 0.1) is 16.1 Å². The number of nitro groups is 1. The average Bonchev–Trinajstić information content (AvgIpc) is 2.92. The van der Waals surface area contributed by atoms with E-state index >= 15 is 0 Å². The number of nitro benzene ring substituents is 1. The quantitative estimate of drug-likeness (QED) is 0.415. The second-order valence-corrected chi connectivity index (χ2v) is 6.74. The molecule has 1 saturated heterocycles. The lowest BCUT2D eigenvalue weighted by atomic mass is 10.1. The molecule has 0 aromatic heterocycles. The molecule has 0 aliphatic carbocycles. The Morgan fingerprint density at radius 2 is 1.64 bits per heavy atom. The number of nitrogens with zero attached hydrogens (tertiary/aromatic N) is 4. The van der Waals surface area contributed by atoms with Crippen molar-refractivity contribution in [2.24, 2.45) is 0 Å². The molecule has 1 aromatic rings. The van der Waals surface area contributed by atoms with Crippen molar-refractivity contribution in [3.8, 4) is 0 Å². The first kappa shape index (κ1) is 19.5. The first-order chi connectivity index (χ1) is 13.3. The molecule has 0 bridgehead atoms. The number of hydrogen-bond acceptors (Lipinski definition) is 6. The van der Waals surface area contributed by atoms with Gasteiger partial charge in [0, 0.05) is 58.2 Å². The fourth-order valence-corrected chi connectivity index (χ4v) is 3.41. The number of benzene rings is 1. The predicted octanol–water partition coefficient (Wildman–Crippen LogP) is 0.662. The highest BCUT2D eigenvalue weighted by molar-refractivity contribution is 6.21. The van der Waals surface area contributed by atoms with E-state index < -0.39 is 16.7 Å². The van der Waals surface area contributed by atoms with Crippen LogP contribution < -0.4 is 0 Å². The number of amides is 4. The van der Waals surface area contributed by atoms with Crippen molar-refractivity contribution < 1.29 is 24.1 Å². The van der Waals surface area contributed by atoms with Crippen molar-refractivity contribution in [2.45, 2.75) is 19.8 Å². The van der Waals surface area contributed by atoms with Gasteiger partial charge in [0.25, 0.3) is 17.5 Å². The van der Waals surface area contributed by atoms with Crippen LogP contribution in [-0.2, 0) is 9.59 Å². The zero-order valence-electron chi connectivity index (χ0n) is 15.4. The van der Waals surface area contributed by atoms with E-state index in [1.54, 1.807) is 9.80 Å². The van der Waals surface area contributed by atoms with Crippen molar-refractivity contribution in [1.82, 2.24) is 14.7 Å². The number of hydrogen-bond donors (Lipinski definition) is 0. The molecule has 0 radical (unpaired) electrons. The monoisotopic (exact) mass is 388 g/mol. The Morgan fingerprint density at radius 1 is 1.04 bits per heavy atom. The van der Waals surface area contributed by atoms with E-state index in [0.717, 1.165) is 11.0 Å². The van der Waals surface area contributed by atoms with E-state index in [4.69, 9.17) is 0 Å². The van der Waals surface area contributed by atoms with Gasteiger partial charge in [0.1, 0.15) is 0 Å². The van der Waals surface area contributed by atoms with Crippen molar-refractivity contribution in [3.05, 3.63) is 39.4 Å². The van der Waals surface area contributed by atoms with Crippen LogP contribution in [0.15, 0.2) is 18.2 Å². The minimum Gasteiger partial charge on any atom is -0.339 e. The molecule has 1 fully saturated rings. The van der Waals surface area contributed by atoms with E-state index in [1.165, 1.54) is 19.1 Å². The normalized spacial score (nSPS) is 16.4. The maximum absolute atomic E-state index is 12.4. The summed E-state index contributed by atoms with van der Waals surface area (Å²) < 4.78 is 0. The van der Waals surface area contributed by atoms with E-state index in [0.29, 0.717) is 32.6 Å². The Morgan fingerprint density at radius 3 is 2.25 bits per heavy atom. The summed E-state index contributed by atoms with van der Waals surface area (Å²) in [7, 11) is 0. The first-order valence-electron chi connectivity index (χ1n) is 8.97. The lowest BCUT2D eigenvalue weighted by Gasteiger charge is -2.34. The second kappa shape index (κ2) is 7.75. The molecule has 0 saturated carbocycles. The van der Waals surface area contributed by atoms with Gasteiger partial charge >= 0.3 is 0 Å². The predicted molar refractivity (Wildman–Crippen MR) is 96.5 cm³/mol. The van der Waals surface area contributed by atoms with Crippen LogP contribution >= 0.6 is 0 Å². The number of imide groups is 1. The van der Waals surface area contributed by atoms with Gasteiger partial charge in [-0.3, -0.25) is 34.2 Å². The highest BCUT2D eigenvalue weighted by Gasteiger charge is 2.36. The number of fused-ring (bicyclic) bond motifs is 1. The number of non-ortho nitro benzene ring substituents is 1. The Kier molecular flexibility index (Phi) is 5.39. The van der Waals surface area contributed by atoms with E-state index in [9.17, 15) is 29.3 Å². The summed E-state index contributed by atoms with van der Waals surface area (Å²) in [6, 6.07) is 3.58. The Hall–Kier alpha value is -3.30. The molecule has 3 rings (SSSR count). The lowest BCUT2D eigenvalue weighted by molar-refractivity contribution is -0.384. The van der Waals surface area contributed by atoms with Crippen LogP contribution in [0.4, 0.5) is 5.69 Å². The van der Waals surface area contributed by atoms with Gasteiger partial charge in [-0.15, -0.1) is 0 Å². The number of rotatable bonds is 5. The zero-order chi connectivity index (χ0) is 20.4. The molecular formula is C18H20N4O6. The molecule has 0 atom stereocenters. The van der Waals surface area contributed by atoms with Crippen molar-refractivity contribution in [3.63, 3.8) is 0 Å². The Bertz CT molecular complexity index is 860. The van der Waals surface area contributed by atoms with E-state index in [1.807, 2.05) is 0 Å². The largest absolute Gasteiger partial charge is 0.339 e. The first-order valence-corrected chi connectivity index (χ1v) is 8.97. The van der Waals surface area contributed by atoms with Crippen LogP contribution in [0.3, 0.4) is 0 Å². The SMILES string of the molecule is CC(=O)N1CCN(C(=O)CCCN2C(=O)c3ccc([N+](=O)[O-])cc3C2=O)CC1. The molecule has 10 nitrogen and oxygen atoms in total. The van der Waals surface area contributed by atoms with Crippen LogP contribution in [-0.4, -0.2) is 76.0 Å². The molecule has 28 heavy (non-hydrogen) atoms. The minimum atomic E-state index is -0.620. The van der Waals surface area contributed by atoms with Crippen LogP contribution in [0.5, 0.6) is 0 Å². The third kappa shape index (κ3) is 3.71.